The van der Waals surface area contributed by atoms with Crippen LogP contribution in [0.15, 0.2) is 23.1 Å². The topological polar surface area (TPSA) is 86.7 Å². The largest absolute Gasteiger partial charge is 0.480 e. The Kier molecular flexibility index (Phi) is 8.82. The maximum atomic E-state index is 13.0. The normalized spacial score (nSPS) is 18.5. The molecule has 1 saturated heterocycles. The highest BCUT2D eigenvalue weighted by Crippen LogP contribution is 2.30. The molecule has 2 N–H and O–H groups in total. The monoisotopic (exact) mass is 424 g/mol. The Balaban J connectivity index is 0.00000338. The second kappa shape index (κ2) is 9.90. The van der Waals surface area contributed by atoms with Gasteiger partial charge in [-0.05, 0) is 48.9 Å². The van der Waals surface area contributed by atoms with Crippen molar-refractivity contribution in [3.05, 3.63) is 28.8 Å². The lowest BCUT2D eigenvalue weighted by Crippen LogP contribution is -2.43. The van der Waals surface area contributed by atoms with Crippen molar-refractivity contribution in [3.63, 3.8) is 0 Å². The summed E-state index contributed by atoms with van der Waals surface area (Å²) < 4.78 is 27.5. The maximum absolute atomic E-state index is 13.0. The van der Waals surface area contributed by atoms with Crippen molar-refractivity contribution in [1.29, 1.82) is 0 Å². The first-order valence-corrected chi connectivity index (χ1v) is 10.3. The van der Waals surface area contributed by atoms with E-state index in [1.54, 1.807) is 12.1 Å². The summed E-state index contributed by atoms with van der Waals surface area (Å²) >= 11 is 6.18. The maximum Gasteiger partial charge on any atom is 0.317 e. The Hall–Kier alpha value is -0.860. The van der Waals surface area contributed by atoms with Gasteiger partial charge in [0.1, 0.15) is 4.90 Å². The van der Waals surface area contributed by atoms with E-state index in [1.807, 2.05) is 19.9 Å². The molecule has 26 heavy (non-hydrogen) atoms. The predicted octanol–water partition coefficient (Wildman–Crippen LogP) is 2.96. The molecule has 1 aliphatic heterocycles. The number of piperidine rings is 1. The number of carboxylic acid groups (broad SMARTS) is 1. The molecule has 148 valence electrons. The number of rotatable bonds is 7. The number of benzene rings is 1. The molecule has 9 heteroatoms. The molecular weight excluding hydrogens is 399 g/mol. The Morgan fingerprint density at radius 2 is 2.12 bits per heavy atom. The summed E-state index contributed by atoms with van der Waals surface area (Å²) in [6.07, 6.45) is 1.62. The van der Waals surface area contributed by atoms with Crippen molar-refractivity contribution in [1.82, 2.24) is 9.62 Å². The van der Waals surface area contributed by atoms with E-state index in [1.165, 1.54) is 4.31 Å². The molecule has 2 rings (SSSR count). The van der Waals surface area contributed by atoms with Gasteiger partial charge in [-0.2, -0.15) is 4.31 Å². The van der Waals surface area contributed by atoms with Gasteiger partial charge in [-0.15, -0.1) is 12.4 Å². The summed E-state index contributed by atoms with van der Waals surface area (Å²) in [5.41, 5.74) is 0.930. The minimum Gasteiger partial charge on any atom is -0.480 e. The van der Waals surface area contributed by atoms with Crippen LogP contribution in [0.5, 0.6) is 0 Å². The number of aliphatic carboxylic acids is 1. The molecular formula is C17H26Cl2N2O4S. The average Bonchev–Trinajstić information content (AvgIpc) is 2.54. The fourth-order valence-electron chi connectivity index (χ4n) is 3.01. The van der Waals surface area contributed by atoms with Gasteiger partial charge in [0.15, 0.2) is 0 Å². The quantitative estimate of drug-likeness (QED) is 0.702. The van der Waals surface area contributed by atoms with Crippen molar-refractivity contribution >= 4 is 40.0 Å². The van der Waals surface area contributed by atoms with Crippen LogP contribution in [0.4, 0.5) is 0 Å². The van der Waals surface area contributed by atoms with Crippen molar-refractivity contribution < 1.29 is 18.3 Å². The number of hydrogen-bond donors (Lipinski definition) is 2. The van der Waals surface area contributed by atoms with Crippen molar-refractivity contribution in [3.8, 4) is 0 Å². The van der Waals surface area contributed by atoms with Crippen LogP contribution in [0.2, 0.25) is 5.02 Å². The molecule has 1 unspecified atom stereocenters. The molecule has 0 aliphatic carbocycles. The summed E-state index contributed by atoms with van der Waals surface area (Å²) in [7, 11) is -3.67. The molecule has 0 radical (unpaired) electrons. The van der Waals surface area contributed by atoms with Gasteiger partial charge < -0.3 is 10.4 Å². The van der Waals surface area contributed by atoms with Gasteiger partial charge in [-0.1, -0.05) is 31.5 Å². The molecule has 1 fully saturated rings. The van der Waals surface area contributed by atoms with E-state index >= 15 is 0 Å². The van der Waals surface area contributed by atoms with E-state index in [9.17, 15) is 13.2 Å². The number of carbonyl (C=O) groups is 1. The summed E-state index contributed by atoms with van der Waals surface area (Å²) in [6, 6.07) is 5.15. The fraction of sp³-hybridized carbons (Fsp3) is 0.588. The third-order valence-corrected chi connectivity index (χ3v) is 6.78. The third kappa shape index (κ3) is 5.82. The van der Waals surface area contributed by atoms with Crippen molar-refractivity contribution in [2.24, 2.45) is 5.92 Å². The highest BCUT2D eigenvalue weighted by Gasteiger charge is 2.31. The van der Waals surface area contributed by atoms with E-state index in [2.05, 4.69) is 5.32 Å². The van der Waals surface area contributed by atoms with Gasteiger partial charge in [0.2, 0.25) is 10.0 Å². The van der Waals surface area contributed by atoms with Crippen LogP contribution >= 0.6 is 24.0 Å². The van der Waals surface area contributed by atoms with Gasteiger partial charge in [0.25, 0.3) is 0 Å². The molecule has 0 spiro atoms. The molecule has 1 aromatic rings. The Labute approximate surface area is 166 Å². The summed E-state index contributed by atoms with van der Waals surface area (Å²) in [5.74, 6) is -0.618. The number of nitrogens with zero attached hydrogens (tertiary/aromatic N) is 1. The lowest BCUT2D eigenvalue weighted by molar-refractivity contribution is -0.136. The molecule has 1 aromatic carbocycles. The standard InChI is InChI=1S/C17H25ClN2O4S.ClH/c1-12(2)14-5-6-15(18)16(8-14)25(23,24)20-7-3-4-13(11-20)9-19-10-17(21)22;/h5-6,8,12-13,19H,3-4,7,9-11H2,1-2H3,(H,21,22);1H. The number of carboxylic acids is 1. The van der Waals surface area contributed by atoms with Gasteiger partial charge in [-0.3, -0.25) is 4.79 Å². The Morgan fingerprint density at radius 3 is 2.73 bits per heavy atom. The summed E-state index contributed by atoms with van der Waals surface area (Å²) in [4.78, 5) is 10.7. The summed E-state index contributed by atoms with van der Waals surface area (Å²) in [6.45, 7) is 5.20. The first-order chi connectivity index (χ1) is 11.7. The smallest absolute Gasteiger partial charge is 0.317 e. The van der Waals surface area contributed by atoms with Crippen LogP contribution in [0.25, 0.3) is 0 Å². The minimum atomic E-state index is -3.67. The van der Waals surface area contributed by atoms with Crippen LogP contribution in [0.1, 0.15) is 38.2 Å². The molecule has 1 atom stereocenters. The third-order valence-electron chi connectivity index (χ3n) is 4.43. The number of hydrogen-bond acceptors (Lipinski definition) is 4. The van der Waals surface area contributed by atoms with E-state index in [0.717, 1.165) is 18.4 Å². The zero-order chi connectivity index (χ0) is 18.6. The first-order valence-electron chi connectivity index (χ1n) is 8.44. The van der Waals surface area contributed by atoms with Gasteiger partial charge in [0, 0.05) is 13.1 Å². The van der Waals surface area contributed by atoms with E-state index in [0.29, 0.717) is 19.6 Å². The molecule has 0 amide bonds. The van der Waals surface area contributed by atoms with E-state index < -0.39 is 16.0 Å². The van der Waals surface area contributed by atoms with Crippen LogP contribution < -0.4 is 5.32 Å². The van der Waals surface area contributed by atoms with Crippen LogP contribution in [0, 0.1) is 5.92 Å². The molecule has 0 aromatic heterocycles. The van der Waals surface area contributed by atoms with Gasteiger partial charge >= 0.3 is 5.97 Å². The average molecular weight is 425 g/mol. The number of halogens is 2. The van der Waals surface area contributed by atoms with Gasteiger partial charge in [-0.25, -0.2) is 8.42 Å². The van der Waals surface area contributed by atoms with Crippen LogP contribution in [-0.4, -0.2) is 50.0 Å². The van der Waals surface area contributed by atoms with Crippen LogP contribution in [0.3, 0.4) is 0 Å². The highest BCUT2D eigenvalue weighted by atomic mass is 35.5. The van der Waals surface area contributed by atoms with E-state index in [4.69, 9.17) is 16.7 Å². The van der Waals surface area contributed by atoms with Crippen molar-refractivity contribution in [2.75, 3.05) is 26.2 Å². The molecule has 1 heterocycles. The molecule has 6 nitrogen and oxygen atoms in total. The zero-order valence-electron chi connectivity index (χ0n) is 14.9. The first kappa shape index (κ1) is 23.2. The Bertz CT molecular complexity index is 725. The molecule has 1 aliphatic rings. The second-order valence-corrected chi connectivity index (χ2v) is 9.05. The van der Waals surface area contributed by atoms with Crippen molar-refractivity contribution in [2.45, 2.75) is 37.5 Å². The summed E-state index contributed by atoms with van der Waals surface area (Å²) in [5, 5.41) is 11.8. The number of sulfonamides is 1. The number of nitrogens with one attached hydrogen (secondary N) is 1. The molecule has 0 saturated carbocycles. The SMILES string of the molecule is CC(C)c1ccc(Cl)c(S(=O)(=O)N2CCCC(CNCC(=O)O)C2)c1.Cl. The lowest BCUT2D eigenvalue weighted by Gasteiger charge is -2.32. The second-order valence-electron chi connectivity index (χ2n) is 6.74. The fourth-order valence-corrected chi connectivity index (χ4v) is 5.08. The molecule has 0 bridgehead atoms. The lowest BCUT2D eigenvalue weighted by atomic mass is 10.00. The predicted molar refractivity (Wildman–Crippen MR) is 105 cm³/mol. The minimum absolute atomic E-state index is 0. The van der Waals surface area contributed by atoms with Crippen LogP contribution in [-0.2, 0) is 14.8 Å². The Morgan fingerprint density at radius 1 is 1.42 bits per heavy atom. The highest BCUT2D eigenvalue weighted by molar-refractivity contribution is 7.89. The van der Waals surface area contributed by atoms with Gasteiger partial charge in [0.05, 0.1) is 11.6 Å². The zero-order valence-corrected chi connectivity index (χ0v) is 17.3. The van der Waals surface area contributed by atoms with E-state index in [-0.39, 0.29) is 40.7 Å².